The van der Waals surface area contributed by atoms with Gasteiger partial charge in [-0.3, -0.25) is 14.6 Å². The van der Waals surface area contributed by atoms with E-state index in [1.807, 2.05) is 7.05 Å². The van der Waals surface area contributed by atoms with Crippen molar-refractivity contribution in [3.8, 4) is 0 Å². The van der Waals surface area contributed by atoms with E-state index in [0.717, 1.165) is 80.6 Å². The minimum atomic E-state index is -2.16. The highest BCUT2D eigenvalue weighted by molar-refractivity contribution is 5.90. The highest BCUT2D eigenvalue weighted by atomic mass is 16.4. The molecule has 3 aromatic rings. The molecule has 1 aliphatic carbocycles. The summed E-state index contributed by atoms with van der Waals surface area (Å²) in [4.78, 5) is 41.8. The third-order valence-electron chi connectivity index (χ3n) is 15.6. The second-order valence-electron chi connectivity index (χ2n) is 18.8. The molecule has 1 amide bonds. The minimum absolute atomic E-state index is 0.0189. The van der Waals surface area contributed by atoms with Crippen molar-refractivity contribution >= 4 is 28.6 Å². The topological polar surface area (TPSA) is 170 Å². The molecule has 0 radical (unpaired) electrons. The van der Waals surface area contributed by atoms with Gasteiger partial charge in [-0.1, -0.05) is 50.3 Å². The van der Waals surface area contributed by atoms with Gasteiger partial charge in [0.25, 0.3) is 5.91 Å². The molecule has 1 saturated carbocycles. The van der Waals surface area contributed by atoms with E-state index in [1.165, 1.54) is 22.2 Å². The first-order chi connectivity index (χ1) is 27.6. The number of nitrogens with one attached hydrogen (secondary N) is 2. The first-order valence-electron chi connectivity index (χ1n) is 21.3. The van der Waals surface area contributed by atoms with E-state index in [-0.39, 0.29) is 24.7 Å². The van der Waals surface area contributed by atoms with Crippen LogP contribution in [0.3, 0.4) is 0 Å². The van der Waals surface area contributed by atoms with Gasteiger partial charge >= 0.3 is 6.15 Å². The Bertz CT molecular complexity index is 2160. The number of amides is 1. The number of carbonyl (C=O) groups is 1. The lowest BCUT2D eigenvalue weighted by Crippen LogP contribution is -2.81. The van der Waals surface area contributed by atoms with Crippen molar-refractivity contribution in [2.75, 3.05) is 51.2 Å². The molecule has 2 aromatic carbocycles. The summed E-state index contributed by atoms with van der Waals surface area (Å²) < 4.78 is 0. The average molecular weight is 796 g/mol. The van der Waals surface area contributed by atoms with Gasteiger partial charge in [-0.05, 0) is 106 Å². The molecule has 5 aliphatic heterocycles. The Kier molecular flexibility index (Phi) is 10.2. The lowest BCUT2D eigenvalue weighted by molar-refractivity contribution is -0.203. The SMILES string of the molecule is CCC1(O)C[C@H]2CN(CCc3c([nH]c4ccccc34)[C@@](C)(c3cc4c(cc3C)N(C)C3C45CCN4CC=C[C@](CC)(C45)[C@@H](O)[C@]3(O)C(=O)NC[C@@H](C)O)C2)C1.O=C=O. The molecular weight excluding hydrogens is 735 g/mol. The first-order valence-corrected chi connectivity index (χ1v) is 21.3. The predicted octanol–water partition coefficient (Wildman–Crippen LogP) is 3.31. The third kappa shape index (κ3) is 5.66. The second-order valence-corrected chi connectivity index (χ2v) is 18.8. The van der Waals surface area contributed by atoms with Crippen molar-refractivity contribution in [1.82, 2.24) is 20.1 Å². The van der Waals surface area contributed by atoms with Crippen molar-refractivity contribution in [2.45, 2.75) is 119 Å². The van der Waals surface area contributed by atoms with Crippen LogP contribution in [0.4, 0.5) is 5.69 Å². The maximum absolute atomic E-state index is 14.5. The van der Waals surface area contributed by atoms with Crippen LogP contribution in [0.15, 0.2) is 48.6 Å². The highest BCUT2D eigenvalue weighted by Gasteiger charge is 2.78. The van der Waals surface area contributed by atoms with E-state index in [9.17, 15) is 25.2 Å². The molecule has 312 valence electrons. The summed E-state index contributed by atoms with van der Waals surface area (Å²) in [7, 11) is 1.98. The number of nitrogens with zero attached hydrogens (tertiary/aromatic N) is 3. The number of para-hydroxylation sites is 1. The largest absolute Gasteiger partial charge is 0.392 e. The Hall–Kier alpha value is -3.87. The number of hydrogen-bond acceptors (Lipinski definition) is 10. The summed E-state index contributed by atoms with van der Waals surface area (Å²) in [5.74, 6) is -0.366. The lowest BCUT2D eigenvalue weighted by Gasteiger charge is -2.63. The number of aliphatic hydroxyl groups is 4. The van der Waals surface area contributed by atoms with E-state index in [0.29, 0.717) is 13.0 Å². The molecule has 1 spiro atoms. The number of piperidine rings is 1. The zero-order valence-corrected chi connectivity index (χ0v) is 34.8. The first kappa shape index (κ1) is 40.9. The molecule has 1 aromatic heterocycles. The van der Waals surface area contributed by atoms with Gasteiger partial charge in [0.1, 0.15) is 6.10 Å². The van der Waals surface area contributed by atoms with Crippen LogP contribution in [-0.2, 0) is 31.6 Å². The summed E-state index contributed by atoms with van der Waals surface area (Å²) in [6.45, 7) is 14.5. The monoisotopic (exact) mass is 795 g/mol. The van der Waals surface area contributed by atoms with Crippen LogP contribution in [0.2, 0.25) is 0 Å². The smallest absolute Gasteiger partial charge is 0.373 e. The van der Waals surface area contributed by atoms with Crippen LogP contribution in [0.5, 0.6) is 0 Å². The number of aryl methyl sites for hydroxylation is 1. The van der Waals surface area contributed by atoms with E-state index in [4.69, 9.17) is 9.59 Å². The van der Waals surface area contributed by atoms with Crippen LogP contribution in [0.1, 0.15) is 87.7 Å². The number of aromatic amines is 1. The summed E-state index contributed by atoms with van der Waals surface area (Å²) in [6, 6.07) is 12.5. The number of aromatic nitrogens is 1. The fraction of sp³-hybridized carbons (Fsp3) is 0.609. The molecule has 3 fully saturated rings. The van der Waals surface area contributed by atoms with Gasteiger partial charge in [-0.2, -0.15) is 9.59 Å². The van der Waals surface area contributed by atoms with Gasteiger partial charge in [0.15, 0.2) is 5.60 Å². The van der Waals surface area contributed by atoms with Gasteiger partial charge in [0.05, 0.1) is 17.7 Å². The Morgan fingerprint density at radius 2 is 1.81 bits per heavy atom. The van der Waals surface area contributed by atoms with Gasteiger partial charge < -0.3 is 35.6 Å². The summed E-state index contributed by atoms with van der Waals surface area (Å²) in [5, 5.41) is 51.9. The van der Waals surface area contributed by atoms with Crippen molar-refractivity contribution in [3.63, 3.8) is 0 Å². The Morgan fingerprint density at radius 1 is 1.07 bits per heavy atom. The second kappa shape index (κ2) is 14.4. The van der Waals surface area contributed by atoms with Gasteiger partial charge in [-0.15, -0.1) is 0 Å². The Balaban J connectivity index is 0.00000152. The fourth-order valence-corrected chi connectivity index (χ4v) is 13.4. The fourth-order valence-electron chi connectivity index (χ4n) is 13.4. The normalized spacial score (nSPS) is 37.8. The summed E-state index contributed by atoms with van der Waals surface area (Å²) >= 11 is 0. The van der Waals surface area contributed by atoms with Gasteiger partial charge in [-0.25, -0.2) is 0 Å². The van der Waals surface area contributed by atoms with Crippen molar-refractivity contribution in [2.24, 2.45) is 11.3 Å². The molecule has 2 bridgehead atoms. The zero-order chi connectivity index (χ0) is 41.6. The third-order valence-corrected chi connectivity index (χ3v) is 15.6. The quantitative estimate of drug-likeness (QED) is 0.204. The highest BCUT2D eigenvalue weighted by Crippen LogP contribution is 2.67. The van der Waals surface area contributed by atoms with E-state index >= 15 is 0 Å². The number of fused-ring (bicyclic) bond motifs is 6. The predicted molar refractivity (Wildman–Crippen MR) is 220 cm³/mol. The number of carbonyl (C=O) groups excluding carboxylic acids is 3. The average Bonchev–Trinajstić information content (AvgIpc) is 3.85. The molecule has 6 N–H and O–H groups in total. The number of aliphatic hydroxyl groups excluding tert-OH is 2. The number of H-pyrrole nitrogens is 1. The maximum atomic E-state index is 14.5. The molecule has 11 atom stereocenters. The van der Waals surface area contributed by atoms with Crippen LogP contribution in [-0.4, -0.2) is 129 Å². The Morgan fingerprint density at radius 3 is 2.52 bits per heavy atom. The van der Waals surface area contributed by atoms with E-state index in [2.05, 4.69) is 101 Å². The Labute approximate surface area is 341 Å². The minimum Gasteiger partial charge on any atom is -0.392 e. The molecule has 9 rings (SSSR count). The molecule has 12 nitrogen and oxygen atoms in total. The number of rotatable bonds is 6. The van der Waals surface area contributed by atoms with E-state index < -0.39 is 51.6 Å². The van der Waals surface area contributed by atoms with Crippen LogP contribution in [0.25, 0.3) is 10.9 Å². The molecular formula is C46H61N5O7. The molecule has 6 heterocycles. The van der Waals surface area contributed by atoms with Crippen molar-refractivity contribution < 1.29 is 34.8 Å². The zero-order valence-electron chi connectivity index (χ0n) is 34.8. The summed E-state index contributed by atoms with van der Waals surface area (Å²) in [6.07, 6.45) is 6.81. The number of benzene rings is 2. The number of hydrogen-bond donors (Lipinski definition) is 6. The molecule has 58 heavy (non-hydrogen) atoms. The standard InChI is InChI=1S/C45H61N5O5.CO2/c1-7-42(54)23-29-22-41(5,36-31(14-18-49(25-29)26-42)30-12-9-10-13-34(30)47-36)32-21-33-35(20-27(32)3)48(6)38-44(33)16-19-50-17-11-15-43(8-2,37(44)50)39(52)45(38,55)40(53)46-24-28(4)51;2-1-3/h9-13,15,20-21,28-29,37-39,47,51-52,54-55H,7-8,14,16-19,22-26H2,1-6H3,(H,46,53);/t28-,29+,37?,38?,39-,41-,42?,43-,44?,45+;/m1./s1. The molecule has 6 aliphatic rings. The van der Waals surface area contributed by atoms with Gasteiger partial charge in [0, 0.05) is 84.3 Å². The molecule has 12 heteroatoms. The number of anilines is 1. The molecule has 2 saturated heterocycles. The van der Waals surface area contributed by atoms with Gasteiger partial charge in [0.2, 0.25) is 0 Å². The van der Waals surface area contributed by atoms with Crippen LogP contribution in [0, 0.1) is 18.3 Å². The lowest BCUT2D eigenvalue weighted by atomic mass is 9.47. The maximum Gasteiger partial charge on any atom is 0.373 e. The van der Waals surface area contributed by atoms with E-state index in [1.54, 1.807) is 6.92 Å². The number of likely N-dealkylation sites (N-methyl/N-ethyl adjacent to an activating group) is 1. The molecule has 5 unspecified atom stereocenters. The van der Waals surface area contributed by atoms with Crippen LogP contribution < -0.4 is 10.2 Å². The summed E-state index contributed by atoms with van der Waals surface area (Å²) in [5.41, 5.74) is 3.37. The van der Waals surface area contributed by atoms with Crippen molar-refractivity contribution in [1.29, 1.82) is 0 Å². The van der Waals surface area contributed by atoms with Crippen LogP contribution >= 0.6 is 0 Å². The van der Waals surface area contributed by atoms with Crippen molar-refractivity contribution in [3.05, 3.63) is 76.5 Å².